The number of aromatic nitrogens is 4. The minimum atomic E-state index is -0.683. The number of hydrogen-bond acceptors (Lipinski definition) is 4. The zero-order chi connectivity index (χ0) is 22.6. The van der Waals surface area contributed by atoms with Crippen LogP contribution in [0.25, 0.3) is 33.5 Å². The highest BCUT2D eigenvalue weighted by molar-refractivity contribution is 5.85. The lowest BCUT2D eigenvalue weighted by atomic mass is 9.69. The van der Waals surface area contributed by atoms with Crippen molar-refractivity contribution in [1.29, 1.82) is 0 Å². The van der Waals surface area contributed by atoms with Gasteiger partial charge in [0.1, 0.15) is 11.6 Å². The number of halogens is 1. The van der Waals surface area contributed by atoms with E-state index in [0.717, 1.165) is 65.2 Å². The Balaban J connectivity index is 1.45. The van der Waals surface area contributed by atoms with Gasteiger partial charge in [-0.25, -0.2) is 9.37 Å². The first-order valence-corrected chi connectivity index (χ1v) is 11.3. The molecule has 1 spiro atoms. The second-order valence-corrected chi connectivity index (χ2v) is 9.37. The largest absolute Gasteiger partial charge is 0.481 e. The minimum Gasteiger partial charge on any atom is -0.481 e. The average Bonchev–Trinajstić information content (AvgIpc) is 3.33. The predicted octanol–water partition coefficient (Wildman–Crippen LogP) is 5.12. The predicted molar refractivity (Wildman–Crippen MR) is 122 cm³/mol. The summed E-state index contributed by atoms with van der Waals surface area (Å²) in [7, 11) is 0. The molecule has 6 nitrogen and oxygen atoms in total. The highest BCUT2D eigenvalue weighted by atomic mass is 19.1. The number of carboxylic acids is 1. The van der Waals surface area contributed by atoms with Gasteiger partial charge in [0.15, 0.2) is 0 Å². The molecule has 0 saturated heterocycles. The first-order valence-electron chi connectivity index (χ1n) is 11.3. The van der Waals surface area contributed by atoms with Crippen LogP contribution in [-0.4, -0.2) is 30.6 Å². The smallest absolute Gasteiger partial charge is 0.306 e. The fourth-order valence-electron chi connectivity index (χ4n) is 5.56. The number of hydrogen-bond donors (Lipinski definition) is 1. The van der Waals surface area contributed by atoms with Crippen LogP contribution in [-0.2, 0) is 17.8 Å². The number of fused-ring (bicyclic) bond motifs is 2. The van der Waals surface area contributed by atoms with Gasteiger partial charge in [-0.15, -0.1) is 0 Å². The fourth-order valence-corrected chi connectivity index (χ4v) is 5.56. The molecule has 4 aromatic rings. The van der Waals surface area contributed by atoms with Gasteiger partial charge in [-0.05, 0) is 67.5 Å². The summed E-state index contributed by atoms with van der Waals surface area (Å²) >= 11 is 0. The molecule has 33 heavy (non-hydrogen) atoms. The Morgan fingerprint density at radius 3 is 2.42 bits per heavy atom. The van der Waals surface area contributed by atoms with Crippen LogP contribution in [0.5, 0.6) is 0 Å². The van der Waals surface area contributed by atoms with Crippen LogP contribution in [0, 0.1) is 17.2 Å². The number of aliphatic carboxylic acids is 1. The third-order valence-corrected chi connectivity index (χ3v) is 7.33. The van der Waals surface area contributed by atoms with Crippen molar-refractivity contribution in [2.75, 3.05) is 0 Å². The molecule has 0 radical (unpaired) electrons. The molecule has 3 heterocycles. The summed E-state index contributed by atoms with van der Waals surface area (Å²) in [6, 6.07) is 12.5. The zero-order valence-electron chi connectivity index (χ0n) is 18.0. The summed E-state index contributed by atoms with van der Waals surface area (Å²) in [5.74, 6) is -0.187. The molecule has 0 unspecified atom stereocenters. The maximum atomic E-state index is 13.6. The SMILES string of the molecule is O=C(O)C1CCC2(CC1)Cc1nc(-c3ccc(F)cc3)c(-c3ccc4nccnc4c3)n1C2. The molecular formula is C26H23FN4O2. The van der Waals surface area contributed by atoms with Crippen LogP contribution < -0.4 is 0 Å². The molecule has 0 atom stereocenters. The van der Waals surface area contributed by atoms with Crippen LogP contribution in [0.2, 0.25) is 0 Å². The van der Waals surface area contributed by atoms with E-state index in [-0.39, 0.29) is 17.2 Å². The van der Waals surface area contributed by atoms with Crippen molar-refractivity contribution in [2.24, 2.45) is 11.3 Å². The van der Waals surface area contributed by atoms with Crippen molar-refractivity contribution in [3.8, 4) is 22.5 Å². The normalized spacial score (nSPS) is 22.0. The van der Waals surface area contributed by atoms with Crippen LogP contribution in [0.15, 0.2) is 54.9 Å². The van der Waals surface area contributed by atoms with Crippen LogP contribution >= 0.6 is 0 Å². The summed E-state index contributed by atoms with van der Waals surface area (Å²) in [4.78, 5) is 25.3. The molecule has 1 saturated carbocycles. The quantitative estimate of drug-likeness (QED) is 0.476. The van der Waals surface area contributed by atoms with Crippen molar-refractivity contribution in [3.63, 3.8) is 0 Å². The van der Waals surface area contributed by atoms with Gasteiger partial charge >= 0.3 is 5.97 Å². The van der Waals surface area contributed by atoms with Crippen LogP contribution in [0.1, 0.15) is 31.5 Å². The third kappa shape index (κ3) is 3.39. The van der Waals surface area contributed by atoms with Crippen molar-refractivity contribution < 1.29 is 14.3 Å². The summed E-state index contributed by atoms with van der Waals surface area (Å²) in [5, 5.41) is 9.41. The molecule has 6 rings (SSSR count). The lowest BCUT2D eigenvalue weighted by Crippen LogP contribution is -2.32. The lowest BCUT2D eigenvalue weighted by Gasteiger charge is -2.35. The van der Waals surface area contributed by atoms with E-state index in [1.54, 1.807) is 24.5 Å². The molecule has 1 N–H and O–H groups in total. The molecule has 2 aromatic heterocycles. The Kier molecular flexibility index (Phi) is 4.54. The molecule has 2 aromatic carbocycles. The van der Waals surface area contributed by atoms with Gasteiger partial charge in [-0.1, -0.05) is 6.07 Å². The van der Waals surface area contributed by atoms with Crippen molar-refractivity contribution in [1.82, 2.24) is 19.5 Å². The molecule has 1 fully saturated rings. The number of carboxylic acid groups (broad SMARTS) is 1. The van der Waals surface area contributed by atoms with E-state index in [1.807, 2.05) is 18.2 Å². The highest BCUT2D eigenvalue weighted by Gasteiger charge is 2.44. The first kappa shape index (κ1) is 20.0. The standard InChI is InChI=1S/C26H23FN4O2/c27-19-4-1-16(2-5-19)23-24(18-3-6-20-21(13-18)29-12-11-28-20)31-15-26(14-22(31)30-23)9-7-17(8-10-26)25(32)33/h1-6,11-13,17H,7-10,14-15H2,(H,32,33). The molecule has 1 aliphatic heterocycles. The maximum Gasteiger partial charge on any atom is 0.306 e. The van der Waals surface area contributed by atoms with Crippen molar-refractivity contribution in [2.45, 2.75) is 38.6 Å². The second kappa shape index (κ2) is 7.47. The number of carbonyl (C=O) groups is 1. The Hall–Kier alpha value is -3.61. The first-order chi connectivity index (χ1) is 16.0. The van der Waals surface area contributed by atoms with Crippen molar-refractivity contribution >= 4 is 17.0 Å². The van der Waals surface area contributed by atoms with E-state index in [2.05, 4.69) is 14.5 Å². The van der Waals surface area contributed by atoms with Crippen LogP contribution in [0.4, 0.5) is 4.39 Å². The van der Waals surface area contributed by atoms with E-state index in [0.29, 0.717) is 12.8 Å². The molecule has 0 amide bonds. The topological polar surface area (TPSA) is 80.9 Å². The van der Waals surface area contributed by atoms with Crippen LogP contribution in [0.3, 0.4) is 0 Å². The number of nitrogens with zero attached hydrogens (tertiary/aromatic N) is 4. The monoisotopic (exact) mass is 442 g/mol. The summed E-state index contributed by atoms with van der Waals surface area (Å²) in [6.07, 6.45) is 7.41. The molecule has 2 aliphatic rings. The summed E-state index contributed by atoms with van der Waals surface area (Å²) in [6.45, 7) is 0.816. The van der Waals surface area contributed by atoms with Gasteiger partial charge in [0, 0.05) is 36.5 Å². The number of imidazole rings is 1. The van der Waals surface area contributed by atoms with Gasteiger partial charge in [0.05, 0.1) is 28.3 Å². The fraction of sp³-hybridized carbons (Fsp3) is 0.308. The Morgan fingerprint density at radius 1 is 1.00 bits per heavy atom. The molecule has 7 heteroatoms. The molecular weight excluding hydrogens is 419 g/mol. The lowest BCUT2D eigenvalue weighted by molar-refractivity contribution is -0.143. The minimum absolute atomic E-state index is 0.0566. The average molecular weight is 442 g/mol. The molecule has 166 valence electrons. The van der Waals surface area contributed by atoms with E-state index in [1.165, 1.54) is 12.1 Å². The Morgan fingerprint density at radius 2 is 1.70 bits per heavy atom. The number of rotatable bonds is 3. The van der Waals surface area contributed by atoms with Crippen molar-refractivity contribution in [3.05, 3.63) is 66.5 Å². The molecule has 1 aliphatic carbocycles. The van der Waals surface area contributed by atoms with Gasteiger partial charge < -0.3 is 9.67 Å². The van der Waals surface area contributed by atoms with Gasteiger partial charge in [0.25, 0.3) is 0 Å². The third-order valence-electron chi connectivity index (χ3n) is 7.33. The van der Waals surface area contributed by atoms with E-state index >= 15 is 0 Å². The highest BCUT2D eigenvalue weighted by Crippen LogP contribution is 2.49. The van der Waals surface area contributed by atoms with E-state index < -0.39 is 5.97 Å². The van der Waals surface area contributed by atoms with E-state index in [4.69, 9.17) is 4.98 Å². The van der Waals surface area contributed by atoms with Gasteiger partial charge in [-0.3, -0.25) is 14.8 Å². The summed E-state index contributed by atoms with van der Waals surface area (Å²) in [5.41, 5.74) is 5.40. The van der Waals surface area contributed by atoms with E-state index in [9.17, 15) is 14.3 Å². The number of benzene rings is 2. The zero-order valence-corrected chi connectivity index (χ0v) is 18.0. The second-order valence-electron chi connectivity index (χ2n) is 9.37. The Bertz CT molecular complexity index is 1370. The Labute approximate surface area is 190 Å². The molecule has 0 bridgehead atoms. The van der Waals surface area contributed by atoms with Gasteiger partial charge in [0.2, 0.25) is 0 Å². The summed E-state index contributed by atoms with van der Waals surface area (Å²) < 4.78 is 15.9. The van der Waals surface area contributed by atoms with Gasteiger partial charge in [-0.2, -0.15) is 0 Å². The maximum absolute atomic E-state index is 13.6.